The molecule has 1 aromatic rings. The molecule has 0 saturated carbocycles. The van der Waals surface area contributed by atoms with Crippen molar-refractivity contribution >= 4 is 5.78 Å². The van der Waals surface area contributed by atoms with Crippen LogP contribution >= 0.6 is 0 Å². The Hall–Kier alpha value is -1.18. The Kier molecular flexibility index (Phi) is 6.53. The second-order valence-electron chi connectivity index (χ2n) is 4.61. The number of hydrogen-bond donors (Lipinski definition) is 0. The molecule has 0 saturated heterocycles. The zero-order valence-electron chi connectivity index (χ0n) is 11.0. The predicted molar refractivity (Wildman–Crippen MR) is 71.3 cm³/mol. The van der Waals surface area contributed by atoms with E-state index in [2.05, 4.69) is 11.9 Å². The maximum absolute atomic E-state index is 11.9. The molecule has 1 aromatic heterocycles. The number of unbranched alkanes of at least 4 members (excludes halogenated alkanes) is 5. The summed E-state index contributed by atoms with van der Waals surface area (Å²) in [6.07, 6.45) is 9.64. The highest BCUT2D eigenvalue weighted by atomic mass is 16.1. The minimum Gasteiger partial charge on any atom is -0.292 e. The molecular formula is C15H23NO. The molecule has 0 N–H and O–H groups in total. The van der Waals surface area contributed by atoms with E-state index in [0.29, 0.717) is 12.1 Å². The van der Waals surface area contributed by atoms with Gasteiger partial charge in [-0.05, 0) is 25.0 Å². The molecule has 0 aliphatic carbocycles. The van der Waals surface area contributed by atoms with Crippen molar-refractivity contribution in [2.45, 2.75) is 58.8 Å². The van der Waals surface area contributed by atoms with Crippen LogP contribution in [0.3, 0.4) is 0 Å². The summed E-state index contributed by atoms with van der Waals surface area (Å²) in [4.78, 5) is 16.0. The van der Waals surface area contributed by atoms with Crippen molar-refractivity contribution in [2.75, 3.05) is 0 Å². The Morgan fingerprint density at radius 1 is 1.18 bits per heavy atom. The highest BCUT2D eigenvalue weighted by molar-refractivity contribution is 5.95. The van der Waals surface area contributed by atoms with Gasteiger partial charge >= 0.3 is 0 Å². The number of aromatic nitrogens is 1. The van der Waals surface area contributed by atoms with Crippen molar-refractivity contribution in [3.05, 3.63) is 29.6 Å². The van der Waals surface area contributed by atoms with Crippen LogP contribution in [0, 0.1) is 6.92 Å². The molecule has 0 bridgehead atoms. The van der Waals surface area contributed by atoms with Gasteiger partial charge in [0.15, 0.2) is 5.78 Å². The monoisotopic (exact) mass is 233 g/mol. The van der Waals surface area contributed by atoms with Crippen LogP contribution in [0.5, 0.6) is 0 Å². The van der Waals surface area contributed by atoms with E-state index in [1.54, 1.807) is 6.20 Å². The van der Waals surface area contributed by atoms with Gasteiger partial charge in [0.2, 0.25) is 0 Å². The number of ketones is 1. The lowest BCUT2D eigenvalue weighted by molar-refractivity contribution is 0.0973. The normalized spacial score (nSPS) is 10.5. The average Bonchev–Trinajstić information content (AvgIpc) is 2.34. The Labute approximate surface area is 104 Å². The second-order valence-corrected chi connectivity index (χ2v) is 4.61. The average molecular weight is 233 g/mol. The van der Waals surface area contributed by atoms with Crippen LogP contribution < -0.4 is 0 Å². The van der Waals surface area contributed by atoms with Crippen LogP contribution in [-0.4, -0.2) is 10.8 Å². The summed E-state index contributed by atoms with van der Waals surface area (Å²) in [6, 6.07) is 3.82. The molecule has 0 aromatic carbocycles. The lowest BCUT2D eigenvalue weighted by atomic mass is 10.0. The maximum Gasteiger partial charge on any atom is 0.181 e. The SMILES string of the molecule is CCCCCCCCC(=O)c1ncccc1C. The number of nitrogens with zero attached hydrogens (tertiary/aromatic N) is 1. The van der Waals surface area contributed by atoms with E-state index in [0.717, 1.165) is 18.4 Å². The Balaban J connectivity index is 2.24. The van der Waals surface area contributed by atoms with Gasteiger partial charge in [-0.25, -0.2) is 0 Å². The van der Waals surface area contributed by atoms with E-state index in [1.165, 1.54) is 25.7 Å². The van der Waals surface area contributed by atoms with E-state index in [-0.39, 0.29) is 5.78 Å². The number of carbonyl (C=O) groups excluding carboxylic acids is 1. The zero-order chi connectivity index (χ0) is 12.5. The highest BCUT2D eigenvalue weighted by Gasteiger charge is 2.09. The van der Waals surface area contributed by atoms with E-state index in [1.807, 2.05) is 19.1 Å². The quantitative estimate of drug-likeness (QED) is 0.494. The molecule has 94 valence electrons. The van der Waals surface area contributed by atoms with E-state index in [4.69, 9.17) is 0 Å². The maximum atomic E-state index is 11.9. The number of aryl methyl sites for hydroxylation is 1. The number of Topliss-reactive ketones (excluding diaryl/α,β-unsaturated/α-hetero) is 1. The Bertz CT molecular complexity index is 347. The summed E-state index contributed by atoms with van der Waals surface area (Å²) in [6.45, 7) is 4.16. The van der Waals surface area contributed by atoms with Gasteiger partial charge in [-0.3, -0.25) is 9.78 Å². The molecule has 0 amide bonds. The third-order valence-corrected chi connectivity index (χ3v) is 3.03. The van der Waals surface area contributed by atoms with Gasteiger partial charge in [-0.15, -0.1) is 0 Å². The van der Waals surface area contributed by atoms with E-state index < -0.39 is 0 Å². The molecule has 2 nitrogen and oxygen atoms in total. The number of rotatable bonds is 8. The molecule has 1 rings (SSSR count). The van der Waals surface area contributed by atoms with Crippen LogP contribution in [0.1, 0.15) is 67.9 Å². The topological polar surface area (TPSA) is 30.0 Å². The van der Waals surface area contributed by atoms with Crippen molar-refractivity contribution in [2.24, 2.45) is 0 Å². The summed E-state index contributed by atoms with van der Waals surface area (Å²) in [5.41, 5.74) is 1.64. The molecule has 17 heavy (non-hydrogen) atoms. The van der Waals surface area contributed by atoms with Gasteiger partial charge in [0.25, 0.3) is 0 Å². The molecule has 0 fully saturated rings. The minimum absolute atomic E-state index is 0.193. The van der Waals surface area contributed by atoms with Crippen molar-refractivity contribution in [3.8, 4) is 0 Å². The van der Waals surface area contributed by atoms with Crippen LogP contribution in [0.15, 0.2) is 18.3 Å². The molecule has 0 atom stereocenters. The van der Waals surface area contributed by atoms with Crippen molar-refractivity contribution in [1.82, 2.24) is 4.98 Å². The first kappa shape index (κ1) is 13.9. The Morgan fingerprint density at radius 3 is 2.59 bits per heavy atom. The molecule has 0 aliphatic heterocycles. The highest BCUT2D eigenvalue weighted by Crippen LogP contribution is 2.11. The van der Waals surface area contributed by atoms with Crippen LogP contribution in [0.2, 0.25) is 0 Å². The summed E-state index contributed by atoms with van der Waals surface area (Å²) >= 11 is 0. The molecule has 2 heteroatoms. The number of carbonyl (C=O) groups is 1. The van der Waals surface area contributed by atoms with Gasteiger partial charge in [0, 0.05) is 12.6 Å². The van der Waals surface area contributed by atoms with Gasteiger partial charge in [-0.1, -0.05) is 45.1 Å². The van der Waals surface area contributed by atoms with Crippen LogP contribution in [0.4, 0.5) is 0 Å². The molecular weight excluding hydrogens is 210 g/mol. The fraction of sp³-hybridized carbons (Fsp3) is 0.600. The Morgan fingerprint density at radius 2 is 1.88 bits per heavy atom. The zero-order valence-corrected chi connectivity index (χ0v) is 11.0. The van der Waals surface area contributed by atoms with Crippen molar-refractivity contribution < 1.29 is 4.79 Å². The molecule has 0 radical (unpaired) electrons. The summed E-state index contributed by atoms with van der Waals surface area (Å²) in [5, 5.41) is 0. The largest absolute Gasteiger partial charge is 0.292 e. The van der Waals surface area contributed by atoms with E-state index in [9.17, 15) is 4.79 Å². The van der Waals surface area contributed by atoms with Gasteiger partial charge < -0.3 is 0 Å². The van der Waals surface area contributed by atoms with Crippen molar-refractivity contribution in [3.63, 3.8) is 0 Å². The second kappa shape index (κ2) is 7.99. The third-order valence-electron chi connectivity index (χ3n) is 3.03. The molecule has 0 spiro atoms. The molecule has 0 unspecified atom stereocenters. The van der Waals surface area contributed by atoms with Crippen LogP contribution in [0.25, 0.3) is 0 Å². The number of hydrogen-bond acceptors (Lipinski definition) is 2. The standard InChI is InChI=1S/C15H23NO/c1-3-4-5-6-7-8-11-14(17)15-13(2)10-9-12-16-15/h9-10,12H,3-8,11H2,1-2H3. The van der Waals surface area contributed by atoms with Gasteiger partial charge in [-0.2, -0.15) is 0 Å². The minimum atomic E-state index is 0.193. The van der Waals surface area contributed by atoms with Gasteiger partial charge in [0.05, 0.1) is 0 Å². The molecule has 0 aliphatic rings. The first-order chi connectivity index (χ1) is 8.25. The summed E-state index contributed by atoms with van der Waals surface area (Å²) in [7, 11) is 0. The fourth-order valence-corrected chi connectivity index (χ4v) is 1.96. The first-order valence-corrected chi connectivity index (χ1v) is 6.70. The lowest BCUT2D eigenvalue weighted by Crippen LogP contribution is -2.04. The fourth-order valence-electron chi connectivity index (χ4n) is 1.96. The van der Waals surface area contributed by atoms with Crippen molar-refractivity contribution in [1.29, 1.82) is 0 Å². The molecule has 1 heterocycles. The summed E-state index contributed by atoms with van der Waals surface area (Å²) in [5.74, 6) is 0.193. The van der Waals surface area contributed by atoms with E-state index >= 15 is 0 Å². The van der Waals surface area contributed by atoms with Gasteiger partial charge in [0.1, 0.15) is 5.69 Å². The third kappa shape index (κ3) is 5.12. The first-order valence-electron chi connectivity index (χ1n) is 6.70. The lowest BCUT2D eigenvalue weighted by Gasteiger charge is -2.03. The summed E-state index contributed by atoms with van der Waals surface area (Å²) < 4.78 is 0. The van der Waals surface area contributed by atoms with Crippen LogP contribution in [-0.2, 0) is 0 Å². The smallest absolute Gasteiger partial charge is 0.181 e. The predicted octanol–water partition coefficient (Wildman–Crippen LogP) is 4.32. The number of pyridine rings is 1.